The summed E-state index contributed by atoms with van der Waals surface area (Å²) in [5, 5.41) is 63.0. The summed E-state index contributed by atoms with van der Waals surface area (Å²) in [5.74, 6) is -13.4. The molecule has 1 fully saturated rings. The number of Topliss-reactive ketones (excluding diaryl/α,β-unsaturated/α-hetero) is 2. The Labute approximate surface area is 603 Å². The predicted octanol–water partition coefficient (Wildman–Crippen LogP) is 1.92. The minimum atomic E-state index is -1.83. The fourth-order valence-electron chi connectivity index (χ4n) is 10.2. The molecule has 0 spiro atoms. The van der Waals surface area contributed by atoms with Crippen LogP contribution in [0.5, 0.6) is 0 Å². The van der Waals surface area contributed by atoms with Crippen LogP contribution in [0.3, 0.4) is 0 Å². The number of benzene rings is 1. The van der Waals surface area contributed by atoms with Gasteiger partial charge in [0.05, 0.1) is 24.3 Å². The predicted molar refractivity (Wildman–Crippen MR) is 377 cm³/mol. The normalized spacial score (nSPS) is 21.1. The van der Waals surface area contributed by atoms with Crippen LogP contribution in [0.2, 0.25) is 0 Å². The van der Waals surface area contributed by atoms with Crippen molar-refractivity contribution in [2.24, 2.45) is 17.8 Å². The van der Waals surface area contributed by atoms with Gasteiger partial charge in [0.25, 0.3) is 0 Å². The van der Waals surface area contributed by atoms with Gasteiger partial charge in [-0.15, -0.1) is 0 Å². The molecule has 33 heteroatoms. The van der Waals surface area contributed by atoms with E-state index in [2.05, 4.69) is 63.8 Å². The highest BCUT2D eigenvalue weighted by Crippen LogP contribution is 2.20. The monoisotopic (exact) mass is 1460 g/mol. The van der Waals surface area contributed by atoms with Crippen molar-refractivity contribution in [3.63, 3.8) is 0 Å². The van der Waals surface area contributed by atoms with Crippen molar-refractivity contribution < 1.29 is 101 Å². The summed E-state index contributed by atoms with van der Waals surface area (Å²) in [7, 11) is 0. The van der Waals surface area contributed by atoms with E-state index in [0.29, 0.717) is 12.0 Å². The summed E-state index contributed by atoms with van der Waals surface area (Å²) < 4.78 is 21.5. The summed E-state index contributed by atoms with van der Waals surface area (Å²) in [6, 6.07) is -3.22. The molecule has 1 aliphatic rings. The van der Waals surface area contributed by atoms with E-state index >= 15 is 14.4 Å². The smallest absolute Gasteiger partial charge is 0.407 e. The van der Waals surface area contributed by atoms with Gasteiger partial charge in [-0.1, -0.05) is 57.5 Å². The fourth-order valence-corrected chi connectivity index (χ4v) is 10.2. The second-order valence-corrected chi connectivity index (χ2v) is 30.1. The Morgan fingerprint density at radius 3 is 1.45 bits per heavy atom. The highest BCUT2D eigenvalue weighted by atomic mass is 16.6. The van der Waals surface area contributed by atoms with Gasteiger partial charge in [0.2, 0.25) is 47.3 Å². The van der Waals surface area contributed by atoms with E-state index in [9.17, 15) is 68.1 Å². The van der Waals surface area contributed by atoms with E-state index in [-0.39, 0.29) is 64.2 Å². The van der Waals surface area contributed by atoms with Gasteiger partial charge in [0.1, 0.15) is 58.7 Å². The summed E-state index contributed by atoms with van der Waals surface area (Å²) in [6.07, 6.45) is -12.1. The molecule has 15 N–H and O–H groups in total. The van der Waals surface area contributed by atoms with Crippen molar-refractivity contribution in [1.82, 2.24) is 63.8 Å². The zero-order valence-corrected chi connectivity index (χ0v) is 62.9. The molecule has 0 aromatic heterocycles. The van der Waals surface area contributed by atoms with Crippen molar-refractivity contribution in [2.45, 2.75) is 271 Å². The second-order valence-electron chi connectivity index (χ2n) is 30.1. The van der Waals surface area contributed by atoms with Gasteiger partial charge in [0.15, 0.2) is 11.6 Å². The van der Waals surface area contributed by atoms with Gasteiger partial charge in [-0.05, 0) is 153 Å². The van der Waals surface area contributed by atoms with Gasteiger partial charge >= 0.3 is 24.4 Å². The maximum Gasteiger partial charge on any atom is 0.407 e. The molecular formula is C70H116N12O21. The Balaban J connectivity index is 3.09. The minimum Gasteiger partial charge on any atom is -0.444 e. The lowest BCUT2D eigenvalue weighted by Crippen LogP contribution is -2.59. The number of ether oxygens (including phenoxy) is 4. The van der Waals surface area contributed by atoms with Crippen LogP contribution in [0.15, 0.2) is 30.3 Å². The third kappa shape index (κ3) is 37.3. The number of hydrogen-bond acceptors (Lipinski definition) is 21. The Hall–Kier alpha value is -8.72. The molecule has 0 radical (unpaired) electrons. The van der Waals surface area contributed by atoms with Gasteiger partial charge in [-0.3, -0.25) is 47.9 Å². The SMILES string of the molecule is CCC[C@H](O)C(=O)N[C@H](C(=O)N[C@@H](CCNC(=O)OC(C)(C)C)C(=O)C[C@H]1CCNC(=O)[C@H](C(C)O)NC(=O)[C@H](CCNC(=O)OC(C)(C)C)CC(=O)[C@H](CCNC(=O)OC(C)(C)C)NC(=O)[C@H](CC(C)C)NC(=O)[C@@H](Cc2ccccc2)NC(=O)[C@H](CCNC(=O)OC(C)(C)C)NC1=O)C(C)O. The fraction of sp³-hybridized carbons (Fsp3) is 0.714. The average Bonchev–Trinajstić information content (AvgIpc) is 1.14. The first kappa shape index (κ1) is 90.4. The van der Waals surface area contributed by atoms with Crippen LogP contribution >= 0.6 is 0 Å². The van der Waals surface area contributed by atoms with Crippen molar-refractivity contribution in [2.75, 3.05) is 32.7 Å². The number of rotatable bonds is 27. The van der Waals surface area contributed by atoms with Gasteiger partial charge in [-0.25, -0.2) is 19.2 Å². The van der Waals surface area contributed by atoms with Crippen molar-refractivity contribution >= 4 is 83.2 Å². The summed E-state index contributed by atoms with van der Waals surface area (Å²) in [6.45, 7) is 24.9. The molecule has 1 heterocycles. The highest BCUT2D eigenvalue weighted by molar-refractivity contribution is 5.99. The zero-order chi connectivity index (χ0) is 78.3. The highest BCUT2D eigenvalue weighted by Gasteiger charge is 2.39. The number of nitrogens with one attached hydrogen (secondary N) is 12. The molecular weight excluding hydrogens is 1340 g/mol. The molecule has 2 unspecified atom stereocenters. The van der Waals surface area contributed by atoms with E-state index in [4.69, 9.17) is 18.9 Å². The second kappa shape index (κ2) is 42.8. The largest absolute Gasteiger partial charge is 0.444 e. The Kier molecular flexibility index (Phi) is 37.5. The molecule has 0 saturated carbocycles. The topological polar surface area (TPSA) is 481 Å². The lowest BCUT2D eigenvalue weighted by molar-refractivity contribution is -0.138. The summed E-state index contributed by atoms with van der Waals surface area (Å²) in [5.41, 5.74) is -3.37. The Morgan fingerprint density at radius 2 is 0.961 bits per heavy atom. The molecule has 12 atom stereocenters. The Morgan fingerprint density at radius 1 is 0.515 bits per heavy atom. The van der Waals surface area contributed by atoms with Crippen molar-refractivity contribution in [3.8, 4) is 0 Å². The van der Waals surface area contributed by atoms with Crippen LogP contribution in [-0.2, 0) is 73.3 Å². The molecule has 0 aliphatic carbocycles. The van der Waals surface area contributed by atoms with Crippen LogP contribution in [0.1, 0.15) is 187 Å². The van der Waals surface area contributed by atoms with E-state index < -0.39 is 217 Å². The van der Waals surface area contributed by atoms with E-state index in [1.165, 1.54) is 0 Å². The molecule has 103 heavy (non-hydrogen) atoms. The summed E-state index contributed by atoms with van der Waals surface area (Å²) in [4.78, 5) is 198. The van der Waals surface area contributed by atoms with Crippen LogP contribution in [-0.4, -0.2) is 214 Å². The molecule has 1 saturated heterocycles. The first-order valence-corrected chi connectivity index (χ1v) is 35.1. The number of carbonyl (C=O) groups excluding carboxylic acids is 14. The number of hydrogen-bond donors (Lipinski definition) is 15. The lowest BCUT2D eigenvalue weighted by Gasteiger charge is -2.28. The van der Waals surface area contributed by atoms with Gasteiger partial charge in [-0.2, -0.15) is 0 Å². The summed E-state index contributed by atoms with van der Waals surface area (Å²) >= 11 is 0. The number of amides is 12. The maximum atomic E-state index is 15.2. The van der Waals surface area contributed by atoms with Gasteiger partial charge < -0.3 is 98.1 Å². The number of carbonyl (C=O) groups is 14. The molecule has 33 nitrogen and oxygen atoms in total. The molecule has 0 bridgehead atoms. The van der Waals surface area contributed by atoms with Crippen LogP contribution in [0.4, 0.5) is 19.2 Å². The first-order chi connectivity index (χ1) is 47.7. The molecule has 582 valence electrons. The molecule has 1 aromatic rings. The third-order valence-corrected chi connectivity index (χ3v) is 15.2. The van der Waals surface area contributed by atoms with Crippen molar-refractivity contribution in [3.05, 3.63) is 35.9 Å². The molecule has 12 amide bonds. The van der Waals surface area contributed by atoms with Crippen LogP contribution in [0, 0.1) is 17.8 Å². The van der Waals surface area contributed by atoms with Crippen LogP contribution in [0.25, 0.3) is 0 Å². The van der Waals surface area contributed by atoms with E-state index in [0.717, 1.165) is 13.8 Å². The Bertz CT molecular complexity index is 3010. The maximum absolute atomic E-state index is 15.2. The lowest BCUT2D eigenvalue weighted by atomic mass is 9.92. The zero-order valence-electron chi connectivity index (χ0n) is 62.9. The number of aliphatic hydroxyl groups excluding tert-OH is 3. The van der Waals surface area contributed by atoms with E-state index in [1.54, 1.807) is 134 Å². The average molecular weight is 1460 g/mol. The van der Waals surface area contributed by atoms with E-state index in [1.807, 2.05) is 0 Å². The molecule has 1 aliphatic heterocycles. The van der Waals surface area contributed by atoms with Crippen molar-refractivity contribution in [1.29, 1.82) is 0 Å². The first-order valence-electron chi connectivity index (χ1n) is 35.1. The number of alkyl carbamates (subject to hydrolysis) is 4. The number of ketones is 2. The quantitative estimate of drug-likeness (QED) is 0.0560. The third-order valence-electron chi connectivity index (χ3n) is 15.2. The minimum absolute atomic E-state index is 0.0130. The van der Waals surface area contributed by atoms with Gasteiger partial charge in [0, 0.05) is 63.8 Å². The molecule has 2 rings (SSSR count). The number of aliphatic hydroxyl groups is 3. The molecule has 1 aromatic carbocycles. The van der Waals surface area contributed by atoms with Crippen LogP contribution < -0.4 is 63.8 Å². The standard InChI is InChI=1S/C70H116N12O21/c1-18-22-50(85)60(93)82-54(41(5)84)62(95)77-46(28-33-74-65(98)102-69(12,13)14)52(87)37-43-25-30-71-61(94)53(40(4)83)81-56(89)44(26-31-72-63(96)100-67(6,7)8)38-51(86)45(27-32-73-64(97)101-68(9,10)11)76-58(91)48(35-39(2)3)79-59(92)49(36-42-23-20-19-21-24-42)80-57(90)47(78-55(43)88)29-34-75-66(99)103-70(15,16)17/h19-21,23-24,39-41,43-50,53-54,83-85H,18,22,25-38H2,1-17H3,(H,71,94)(H,72,96)(H,73,97)(H,74,98)(H,75,99)(H,76,91)(H,77,95)(H,78,88)(H,79,92)(H,80,90)(H,81,89)(H,82,93)/t40?,41?,43-,44-,45+,46+,47+,48+,49-,50+,53+,54+/m1/s1.